The van der Waals surface area contributed by atoms with Gasteiger partial charge in [0.05, 0.1) is 7.11 Å². The maximum Gasteiger partial charge on any atom is 0.349 e. The molecule has 0 amide bonds. The highest BCUT2D eigenvalue weighted by molar-refractivity contribution is 6.03. The Morgan fingerprint density at radius 3 is 1.85 bits per heavy atom. The lowest BCUT2D eigenvalue weighted by atomic mass is 9.86. The van der Waals surface area contributed by atoms with Crippen molar-refractivity contribution in [1.82, 2.24) is 0 Å². The first-order chi connectivity index (χ1) is 8.76. The third-order valence-electron chi connectivity index (χ3n) is 2.37. The molecule has 116 valence electrons. The van der Waals surface area contributed by atoms with Crippen LogP contribution in [0.2, 0.25) is 0 Å². The van der Waals surface area contributed by atoms with Crippen LogP contribution in [0, 0.1) is 0 Å². The Bertz CT molecular complexity index is 411. The van der Waals surface area contributed by atoms with Crippen LogP contribution in [-0.2, 0) is 23.9 Å². The molecule has 8 heteroatoms. The van der Waals surface area contributed by atoms with Gasteiger partial charge in [-0.05, 0) is 27.7 Å². The molecule has 0 aliphatic carbocycles. The van der Waals surface area contributed by atoms with Crippen molar-refractivity contribution in [3.05, 3.63) is 0 Å². The summed E-state index contributed by atoms with van der Waals surface area (Å²) in [4.78, 5) is 34.3. The van der Waals surface area contributed by atoms with Gasteiger partial charge in [0.15, 0.2) is 0 Å². The topological polar surface area (TPSA) is 136 Å². The van der Waals surface area contributed by atoms with Gasteiger partial charge in [0.25, 0.3) is 5.60 Å². The van der Waals surface area contributed by atoms with Crippen LogP contribution >= 0.6 is 0 Å². The molecule has 0 bridgehead atoms. The van der Waals surface area contributed by atoms with Crippen molar-refractivity contribution in [1.29, 1.82) is 0 Å². The normalized spacial score (nSPS) is 17.6. The summed E-state index contributed by atoms with van der Waals surface area (Å²) in [5.41, 5.74) is 0.0334. The molecular formula is C12H21NO7. The van der Waals surface area contributed by atoms with Gasteiger partial charge in [-0.25, -0.2) is 9.59 Å². The molecule has 0 heterocycles. The zero-order valence-electron chi connectivity index (χ0n) is 12.2. The maximum atomic E-state index is 11.9. The van der Waals surface area contributed by atoms with Gasteiger partial charge in [-0.3, -0.25) is 4.79 Å². The summed E-state index contributed by atoms with van der Waals surface area (Å²) in [6, 6.07) is 0. The number of hydrogen-bond acceptors (Lipinski definition) is 7. The Balaban J connectivity index is 5.27. The molecule has 2 atom stereocenters. The van der Waals surface area contributed by atoms with E-state index in [1.165, 1.54) is 0 Å². The Hall–Kier alpha value is -1.67. The zero-order valence-corrected chi connectivity index (χ0v) is 12.2. The van der Waals surface area contributed by atoms with Crippen LogP contribution in [0.5, 0.6) is 0 Å². The van der Waals surface area contributed by atoms with Gasteiger partial charge in [-0.1, -0.05) is 0 Å². The smallest absolute Gasteiger partial charge is 0.349 e. The van der Waals surface area contributed by atoms with Crippen molar-refractivity contribution < 1.29 is 34.1 Å². The molecule has 0 saturated carbocycles. The number of carbonyl (C=O) groups excluding carboxylic acids is 2. The van der Waals surface area contributed by atoms with Gasteiger partial charge in [-0.2, -0.15) is 0 Å². The van der Waals surface area contributed by atoms with E-state index >= 15 is 0 Å². The minimum atomic E-state index is -2.92. The van der Waals surface area contributed by atoms with Crippen molar-refractivity contribution >= 4 is 17.9 Å². The lowest BCUT2D eigenvalue weighted by Crippen LogP contribution is -2.59. The second kappa shape index (κ2) is 5.76. The monoisotopic (exact) mass is 291 g/mol. The van der Waals surface area contributed by atoms with Gasteiger partial charge in [0.2, 0.25) is 0 Å². The van der Waals surface area contributed by atoms with Crippen molar-refractivity contribution in [2.75, 3.05) is 7.11 Å². The van der Waals surface area contributed by atoms with E-state index in [1.807, 2.05) is 0 Å². The lowest BCUT2D eigenvalue weighted by Gasteiger charge is -2.32. The predicted octanol–water partition coefficient (Wildman–Crippen LogP) is -0.576. The molecule has 20 heavy (non-hydrogen) atoms. The molecule has 0 rings (SSSR count). The standard InChI is InChI=1S/C12H21NO7/c1-10(2,3)20-8(16)11(4,13)6-12(18,7(14)15)9(17)19-5/h18H,6,13H2,1-5H3,(H,14,15). The highest BCUT2D eigenvalue weighted by Gasteiger charge is 2.52. The quantitative estimate of drug-likeness (QED) is 0.452. The van der Waals surface area contributed by atoms with E-state index in [4.69, 9.17) is 15.6 Å². The number of ether oxygens (including phenoxy) is 2. The number of carboxylic acids is 1. The molecule has 4 N–H and O–H groups in total. The summed E-state index contributed by atoms with van der Waals surface area (Å²) in [6.07, 6.45) is -0.878. The first-order valence-electron chi connectivity index (χ1n) is 5.83. The Kier molecular flexibility index (Phi) is 5.28. The average molecular weight is 291 g/mol. The van der Waals surface area contributed by atoms with Crippen LogP contribution in [0.25, 0.3) is 0 Å². The molecular weight excluding hydrogens is 270 g/mol. The SMILES string of the molecule is COC(=O)C(O)(CC(C)(N)C(=O)OC(C)(C)C)C(=O)O. The van der Waals surface area contributed by atoms with Gasteiger partial charge >= 0.3 is 17.9 Å². The van der Waals surface area contributed by atoms with E-state index in [2.05, 4.69) is 4.74 Å². The fourth-order valence-corrected chi connectivity index (χ4v) is 1.40. The summed E-state index contributed by atoms with van der Waals surface area (Å²) < 4.78 is 9.25. The van der Waals surface area contributed by atoms with Crippen LogP contribution in [0.15, 0.2) is 0 Å². The first kappa shape index (κ1) is 18.3. The number of carboxylic acid groups (broad SMARTS) is 1. The number of esters is 2. The fraction of sp³-hybridized carbons (Fsp3) is 0.750. The van der Waals surface area contributed by atoms with Gasteiger partial charge < -0.3 is 25.4 Å². The van der Waals surface area contributed by atoms with Crippen LogP contribution in [0.1, 0.15) is 34.1 Å². The average Bonchev–Trinajstić information content (AvgIpc) is 2.24. The minimum Gasteiger partial charge on any atom is -0.479 e. The number of hydrogen-bond donors (Lipinski definition) is 3. The number of methoxy groups -OCH3 is 1. The second-order valence-corrected chi connectivity index (χ2v) is 5.75. The minimum absolute atomic E-state index is 0.843. The molecule has 0 radical (unpaired) electrons. The fourth-order valence-electron chi connectivity index (χ4n) is 1.40. The van der Waals surface area contributed by atoms with E-state index in [-0.39, 0.29) is 0 Å². The second-order valence-electron chi connectivity index (χ2n) is 5.75. The molecule has 0 aromatic carbocycles. The van der Waals surface area contributed by atoms with E-state index < -0.39 is 41.1 Å². The number of carbonyl (C=O) groups is 3. The Morgan fingerprint density at radius 2 is 1.55 bits per heavy atom. The van der Waals surface area contributed by atoms with Gasteiger partial charge in [0, 0.05) is 6.42 Å². The third-order valence-corrected chi connectivity index (χ3v) is 2.37. The van der Waals surface area contributed by atoms with Crippen molar-refractivity contribution in [3.8, 4) is 0 Å². The van der Waals surface area contributed by atoms with Crippen LogP contribution in [0.3, 0.4) is 0 Å². The molecule has 2 unspecified atom stereocenters. The Morgan fingerprint density at radius 1 is 1.10 bits per heavy atom. The molecule has 0 fully saturated rings. The predicted molar refractivity (Wildman–Crippen MR) is 67.7 cm³/mol. The van der Waals surface area contributed by atoms with Crippen LogP contribution < -0.4 is 5.73 Å². The van der Waals surface area contributed by atoms with E-state index in [0.29, 0.717) is 0 Å². The molecule has 0 aromatic rings. The zero-order chi connectivity index (χ0) is 16.4. The maximum absolute atomic E-state index is 11.9. The van der Waals surface area contributed by atoms with Crippen molar-refractivity contribution in [2.24, 2.45) is 5.73 Å². The summed E-state index contributed by atoms with van der Waals surface area (Å²) in [6.45, 7) is 5.97. The largest absolute Gasteiger partial charge is 0.479 e. The number of aliphatic carboxylic acids is 1. The van der Waals surface area contributed by atoms with Crippen molar-refractivity contribution in [3.63, 3.8) is 0 Å². The van der Waals surface area contributed by atoms with Gasteiger partial charge in [0.1, 0.15) is 11.1 Å². The highest BCUT2D eigenvalue weighted by atomic mass is 16.6. The molecule has 0 aromatic heterocycles. The summed E-state index contributed by atoms with van der Waals surface area (Å²) in [5.74, 6) is -4.21. The first-order valence-corrected chi connectivity index (χ1v) is 5.83. The molecule has 0 aliphatic rings. The van der Waals surface area contributed by atoms with Gasteiger partial charge in [-0.15, -0.1) is 0 Å². The molecule has 0 saturated heterocycles. The van der Waals surface area contributed by atoms with E-state index in [0.717, 1.165) is 14.0 Å². The number of nitrogens with two attached hydrogens (primary N) is 1. The number of rotatable bonds is 5. The molecule has 0 spiro atoms. The van der Waals surface area contributed by atoms with Crippen LogP contribution in [-0.4, -0.2) is 52.0 Å². The summed E-state index contributed by atoms with van der Waals surface area (Å²) >= 11 is 0. The number of aliphatic hydroxyl groups is 1. The summed E-state index contributed by atoms with van der Waals surface area (Å²) in [7, 11) is 0.914. The van der Waals surface area contributed by atoms with E-state index in [9.17, 15) is 19.5 Å². The lowest BCUT2D eigenvalue weighted by molar-refractivity contribution is -0.183. The summed E-state index contributed by atoms with van der Waals surface area (Å²) in [5, 5.41) is 18.8. The van der Waals surface area contributed by atoms with Crippen LogP contribution in [0.4, 0.5) is 0 Å². The third kappa shape index (κ3) is 4.46. The molecule has 0 aliphatic heterocycles. The Labute approximate surface area is 116 Å². The molecule has 8 nitrogen and oxygen atoms in total. The highest BCUT2D eigenvalue weighted by Crippen LogP contribution is 2.24. The van der Waals surface area contributed by atoms with Crippen molar-refractivity contribution in [2.45, 2.75) is 50.9 Å². The van der Waals surface area contributed by atoms with E-state index in [1.54, 1.807) is 20.8 Å².